The van der Waals surface area contributed by atoms with Gasteiger partial charge in [0.25, 0.3) is 0 Å². The minimum absolute atomic E-state index is 0.407. The standard InChI is InChI=1S/C18H22N2/c19-5-6-20-17-4-2-1-3-16(17)18-14-8-12-7-13(10-14)11-15(18)9-12/h1-4,12-15,18,20H,6-11H2. The third kappa shape index (κ3) is 1.92. The molecule has 0 amide bonds. The molecule has 4 saturated carbocycles. The lowest BCUT2D eigenvalue weighted by atomic mass is 9.50. The largest absolute Gasteiger partial charge is 0.372 e. The monoisotopic (exact) mass is 266 g/mol. The lowest BCUT2D eigenvalue weighted by Gasteiger charge is -2.55. The summed E-state index contributed by atoms with van der Waals surface area (Å²) < 4.78 is 0. The quantitative estimate of drug-likeness (QED) is 0.834. The maximum absolute atomic E-state index is 8.82. The van der Waals surface area contributed by atoms with Crippen LogP contribution in [0.3, 0.4) is 0 Å². The summed E-state index contributed by atoms with van der Waals surface area (Å²) >= 11 is 0. The van der Waals surface area contributed by atoms with E-state index in [1.165, 1.54) is 43.4 Å². The first-order chi connectivity index (χ1) is 9.85. The first-order valence-corrected chi connectivity index (χ1v) is 8.05. The van der Waals surface area contributed by atoms with Gasteiger partial charge in [-0.3, -0.25) is 0 Å². The second-order valence-electron chi connectivity index (χ2n) is 7.06. The summed E-state index contributed by atoms with van der Waals surface area (Å²) in [6.45, 7) is 0.407. The average molecular weight is 266 g/mol. The van der Waals surface area contributed by atoms with Crippen LogP contribution in [-0.4, -0.2) is 6.54 Å². The predicted octanol–water partition coefficient (Wildman–Crippen LogP) is 4.16. The molecule has 1 N–H and O–H groups in total. The molecule has 2 heteroatoms. The van der Waals surface area contributed by atoms with E-state index in [9.17, 15) is 0 Å². The SMILES string of the molecule is N#CCNc1ccccc1C1C2CC3CC(C2)CC1C3. The Balaban J connectivity index is 1.66. The Kier molecular flexibility index (Phi) is 2.95. The molecule has 0 unspecified atom stereocenters. The van der Waals surface area contributed by atoms with Crippen molar-refractivity contribution in [2.24, 2.45) is 23.7 Å². The van der Waals surface area contributed by atoms with Crippen LogP contribution in [0, 0.1) is 35.0 Å². The highest BCUT2D eigenvalue weighted by molar-refractivity contribution is 5.54. The fourth-order valence-electron chi connectivity index (χ4n) is 5.52. The molecule has 20 heavy (non-hydrogen) atoms. The average Bonchev–Trinajstić information content (AvgIpc) is 2.45. The summed E-state index contributed by atoms with van der Waals surface area (Å²) in [5.74, 6) is 4.58. The molecule has 0 radical (unpaired) electrons. The van der Waals surface area contributed by atoms with Crippen molar-refractivity contribution in [3.63, 3.8) is 0 Å². The zero-order valence-electron chi connectivity index (χ0n) is 11.9. The smallest absolute Gasteiger partial charge is 0.103 e. The molecule has 4 fully saturated rings. The Hall–Kier alpha value is -1.49. The Morgan fingerprint density at radius 1 is 1.00 bits per heavy atom. The molecule has 1 aromatic carbocycles. The van der Waals surface area contributed by atoms with Gasteiger partial charge in [-0.2, -0.15) is 5.26 Å². The van der Waals surface area contributed by atoms with Gasteiger partial charge in [0.1, 0.15) is 6.54 Å². The first-order valence-electron chi connectivity index (χ1n) is 8.05. The maximum atomic E-state index is 8.82. The lowest BCUT2D eigenvalue weighted by molar-refractivity contribution is -0.00256. The van der Waals surface area contributed by atoms with Gasteiger partial charge in [0.2, 0.25) is 0 Å². The van der Waals surface area contributed by atoms with Gasteiger partial charge in [0, 0.05) is 5.69 Å². The van der Waals surface area contributed by atoms with E-state index in [4.69, 9.17) is 5.26 Å². The van der Waals surface area contributed by atoms with E-state index in [0.717, 1.165) is 29.6 Å². The van der Waals surface area contributed by atoms with E-state index < -0.39 is 0 Å². The third-order valence-electron chi connectivity index (χ3n) is 5.90. The number of anilines is 1. The summed E-state index contributed by atoms with van der Waals surface area (Å²) in [6, 6.07) is 10.9. The third-order valence-corrected chi connectivity index (χ3v) is 5.90. The molecule has 0 aliphatic heterocycles. The van der Waals surface area contributed by atoms with Crippen LogP contribution in [-0.2, 0) is 0 Å². The van der Waals surface area contributed by atoms with E-state index in [0.29, 0.717) is 6.54 Å². The van der Waals surface area contributed by atoms with Crippen molar-refractivity contribution in [1.29, 1.82) is 5.26 Å². The van der Waals surface area contributed by atoms with Crippen molar-refractivity contribution in [2.75, 3.05) is 11.9 Å². The molecule has 4 bridgehead atoms. The molecule has 0 spiro atoms. The van der Waals surface area contributed by atoms with Gasteiger partial charge in [0.15, 0.2) is 0 Å². The van der Waals surface area contributed by atoms with Crippen LogP contribution >= 0.6 is 0 Å². The van der Waals surface area contributed by atoms with Crippen LogP contribution in [0.4, 0.5) is 5.69 Å². The molecule has 2 nitrogen and oxygen atoms in total. The van der Waals surface area contributed by atoms with E-state index >= 15 is 0 Å². The molecule has 1 aromatic rings. The van der Waals surface area contributed by atoms with Crippen LogP contribution in [0.15, 0.2) is 24.3 Å². The Labute approximate surface area is 121 Å². The summed E-state index contributed by atoms with van der Waals surface area (Å²) in [5, 5.41) is 12.1. The molecule has 0 heterocycles. The molecule has 0 saturated heterocycles. The number of hydrogen-bond donors (Lipinski definition) is 1. The number of hydrogen-bond acceptors (Lipinski definition) is 2. The van der Waals surface area contributed by atoms with Crippen molar-refractivity contribution < 1.29 is 0 Å². The van der Waals surface area contributed by atoms with Gasteiger partial charge in [-0.25, -0.2) is 0 Å². The van der Waals surface area contributed by atoms with Gasteiger partial charge in [-0.15, -0.1) is 0 Å². The predicted molar refractivity (Wildman–Crippen MR) is 80.3 cm³/mol. The van der Waals surface area contributed by atoms with Crippen LogP contribution in [0.1, 0.15) is 43.6 Å². The summed E-state index contributed by atoms with van der Waals surface area (Å²) in [6.07, 6.45) is 7.30. The van der Waals surface area contributed by atoms with Crippen molar-refractivity contribution in [2.45, 2.75) is 38.0 Å². The lowest BCUT2D eigenvalue weighted by Crippen LogP contribution is -2.43. The van der Waals surface area contributed by atoms with Crippen molar-refractivity contribution in [3.8, 4) is 6.07 Å². The Bertz CT molecular complexity index is 515. The number of rotatable bonds is 3. The Morgan fingerprint density at radius 3 is 2.30 bits per heavy atom. The van der Waals surface area contributed by atoms with E-state index in [1.807, 2.05) is 0 Å². The number of para-hydroxylation sites is 1. The molecule has 5 rings (SSSR count). The van der Waals surface area contributed by atoms with Crippen LogP contribution < -0.4 is 5.32 Å². The molecular formula is C18H22N2. The topological polar surface area (TPSA) is 35.8 Å². The molecule has 4 aliphatic rings. The molecular weight excluding hydrogens is 244 g/mol. The summed E-state index contributed by atoms with van der Waals surface area (Å²) in [7, 11) is 0. The second kappa shape index (κ2) is 4.81. The van der Waals surface area contributed by atoms with E-state index in [1.54, 1.807) is 0 Å². The Morgan fingerprint density at radius 2 is 1.65 bits per heavy atom. The van der Waals surface area contributed by atoms with Crippen molar-refractivity contribution in [3.05, 3.63) is 29.8 Å². The van der Waals surface area contributed by atoms with Gasteiger partial charge < -0.3 is 5.32 Å². The number of nitrogens with one attached hydrogen (secondary N) is 1. The van der Waals surface area contributed by atoms with Crippen LogP contribution in [0.5, 0.6) is 0 Å². The second-order valence-corrected chi connectivity index (χ2v) is 7.06. The summed E-state index contributed by atoms with van der Waals surface area (Å²) in [5.41, 5.74) is 2.68. The molecule has 0 aromatic heterocycles. The normalized spacial score (nSPS) is 37.6. The van der Waals surface area contributed by atoms with Gasteiger partial charge in [-0.05, 0) is 73.3 Å². The zero-order chi connectivity index (χ0) is 13.5. The molecule has 4 aliphatic carbocycles. The van der Waals surface area contributed by atoms with Crippen molar-refractivity contribution in [1.82, 2.24) is 0 Å². The zero-order valence-corrected chi connectivity index (χ0v) is 11.9. The molecule has 104 valence electrons. The number of nitriles is 1. The minimum Gasteiger partial charge on any atom is -0.372 e. The molecule has 0 atom stereocenters. The van der Waals surface area contributed by atoms with Crippen molar-refractivity contribution >= 4 is 5.69 Å². The van der Waals surface area contributed by atoms with E-state index in [-0.39, 0.29) is 0 Å². The van der Waals surface area contributed by atoms with E-state index in [2.05, 4.69) is 35.7 Å². The minimum atomic E-state index is 0.407. The number of nitrogens with zero attached hydrogens (tertiary/aromatic N) is 1. The highest BCUT2D eigenvalue weighted by atomic mass is 14.9. The van der Waals surface area contributed by atoms with Crippen LogP contribution in [0.25, 0.3) is 0 Å². The van der Waals surface area contributed by atoms with Gasteiger partial charge in [0.05, 0.1) is 6.07 Å². The fraction of sp³-hybridized carbons (Fsp3) is 0.611. The summed E-state index contributed by atoms with van der Waals surface area (Å²) in [4.78, 5) is 0. The highest BCUT2D eigenvalue weighted by Gasteiger charge is 2.48. The van der Waals surface area contributed by atoms with Gasteiger partial charge in [-0.1, -0.05) is 18.2 Å². The first kappa shape index (κ1) is 12.3. The van der Waals surface area contributed by atoms with Crippen LogP contribution in [0.2, 0.25) is 0 Å². The maximum Gasteiger partial charge on any atom is 0.103 e. The highest BCUT2D eigenvalue weighted by Crippen LogP contribution is 2.60. The fourth-order valence-corrected chi connectivity index (χ4v) is 5.52. The number of benzene rings is 1. The van der Waals surface area contributed by atoms with Gasteiger partial charge >= 0.3 is 0 Å².